The number of amidine groups is 1. The van der Waals surface area contributed by atoms with Crippen molar-refractivity contribution in [1.29, 1.82) is 0 Å². The van der Waals surface area contributed by atoms with Crippen molar-refractivity contribution in [1.82, 2.24) is 4.90 Å². The maximum atomic E-state index is 5.87. The van der Waals surface area contributed by atoms with Gasteiger partial charge in [0.15, 0.2) is 0 Å². The summed E-state index contributed by atoms with van der Waals surface area (Å²) in [4.78, 5) is 1.91. The summed E-state index contributed by atoms with van der Waals surface area (Å²) in [6.07, 6.45) is -0.342. The molecule has 1 aliphatic rings. The van der Waals surface area contributed by atoms with Crippen LogP contribution in [-0.2, 0) is 4.74 Å². The Morgan fingerprint density at radius 3 is 2.65 bits per heavy atom. The van der Waals surface area contributed by atoms with Crippen LogP contribution >= 0.6 is 0 Å². The standard InChI is InChI=1S/C12H17N4O/c1-15(2)12(16(3)4)17-11-9-7-5-6-8-10(9)13-14-11/h5-8,11H,1-4H3/q+1. The van der Waals surface area contributed by atoms with Crippen LogP contribution < -0.4 is 0 Å². The number of azo groups is 1. The lowest BCUT2D eigenvalue weighted by molar-refractivity contribution is -0.481. The Morgan fingerprint density at radius 2 is 2.00 bits per heavy atom. The zero-order valence-corrected chi connectivity index (χ0v) is 10.6. The molecule has 0 amide bonds. The molecule has 5 nitrogen and oxygen atoms in total. The van der Waals surface area contributed by atoms with Gasteiger partial charge in [0, 0.05) is 5.56 Å². The molecule has 5 heteroatoms. The summed E-state index contributed by atoms with van der Waals surface area (Å²) in [5.74, 6) is 0. The highest BCUT2D eigenvalue weighted by Crippen LogP contribution is 2.35. The van der Waals surface area contributed by atoms with Crippen LogP contribution in [0.4, 0.5) is 5.69 Å². The average molecular weight is 233 g/mol. The Morgan fingerprint density at radius 1 is 1.29 bits per heavy atom. The number of nitrogens with zero attached hydrogens (tertiary/aromatic N) is 4. The number of hydrogen-bond donors (Lipinski definition) is 0. The average Bonchev–Trinajstić information content (AvgIpc) is 2.68. The Labute approximate surface area is 101 Å². The molecule has 1 atom stereocenters. The van der Waals surface area contributed by atoms with E-state index in [4.69, 9.17) is 4.74 Å². The van der Waals surface area contributed by atoms with Gasteiger partial charge in [0.2, 0.25) is 6.23 Å². The van der Waals surface area contributed by atoms with E-state index in [1.54, 1.807) is 0 Å². The summed E-state index contributed by atoms with van der Waals surface area (Å²) < 4.78 is 7.78. The van der Waals surface area contributed by atoms with Crippen LogP contribution in [0, 0.1) is 0 Å². The van der Waals surface area contributed by atoms with Gasteiger partial charge < -0.3 is 4.74 Å². The Kier molecular flexibility index (Phi) is 3.08. The van der Waals surface area contributed by atoms with Gasteiger partial charge in [-0.25, -0.2) is 9.48 Å². The van der Waals surface area contributed by atoms with Crippen LogP contribution in [0.1, 0.15) is 11.8 Å². The Bertz CT molecular complexity index is 475. The van der Waals surface area contributed by atoms with Gasteiger partial charge in [-0.3, -0.25) is 0 Å². The van der Waals surface area contributed by atoms with E-state index in [9.17, 15) is 0 Å². The lowest BCUT2D eigenvalue weighted by atomic mass is 10.2. The zero-order valence-electron chi connectivity index (χ0n) is 10.6. The number of benzene rings is 1. The second-order valence-electron chi connectivity index (χ2n) is 4.32. The van der Waals surface area contributed by atoms with Crippen LogP contribution in [-0.4, -0.2) is 43.7 Å². The van der Waals surface area contributed by atoms with Crippen molar-refractivity contribution < 1.29 is 9.31 Å². The monoisotopic (exact) mass is 233 g/mol. The number of fused-ring (bicyclic) bond motifs is 1. The van der Waals surface area contributed by atoms with Crippen molar-refractivity contribution in [2.24, 2.45) is 10.2 Å². The van der Waals surface area contributed by atoms with Crippen LogP contribution in [0.25, 0.3) is 0 Å². The molecule has 0 aliphatic carbocycles. The van der Waals surface area contributed by atoms with E-state index in [0.29, 0.717) is 0 Å². The second kappa shape index (κ2) is 4.53. The molecule has 1 aromatic rings. The van der Waals surface area contributed by atoms with Crippen LogP contribution in [0.3, 0.4) is 0 Å². The van der Waals surface area contributed by atoms with Gasteiger partial charge in [0.25, 0.3) is 0 Å². The summed E-state index contributed by atoms with van der Waals surface area (Å²) in [5.41, 5.74) is 1.89. The van der Waals surface area contributed by atoms with Crippen molar-refractivity contribution in [2.45, 2.75) is 6.23 Å². The highest BCUT2D eigenvalue weighted by atomic mass is 16.5. The van der Waals surface area contributed by atoms with E-state index in [2.05, 4.69) is 10.2 Å². The van der Waals surface area contributed by atoms with Gasteiger partial charge in [-0.05, 0) is 6.07 Å². The minimum Gasteiger partial charge on any atom is -0.399 e. The van der Waals surface area contributed by atoms with Crippen molar-refractivity contribution in [3.05, 3.63) is 29.8 Å². The summed E-state index contributed by atoms with van der Waals surface area (Å²) in [6.45, 7) is 0. The molecule has 2 rings (SSSR count). The molecule has 0 saturated carbocycles. The summed E-state index contributed by atoms with van der Waals surface area (Å²) in [5, 5.41) is 8.24. The summed E-state index contributed by atoms with van der Waals surface area (Å²) >= 11 is 0. The van der Waals surface area contributed by atoms with Gasteiger partial charge in [-0.1, -0.05) is 18.2 Å². The highest BCUT2D eigenvalue weighted by molar-refractivity contribution is 5.68. The quantitative estimate of drug-likeness (QED) is 0.423. The molecule has 17 heavy (non-hydrogen) atoms. The normalized spacial score (nSPS) is 16.6. The first-order valence-electron chi connectivity index (χ1n) is 5.47. The van der Waals surface area contributed by atoms with Gasteiger partial charge >= 0.3 is 6.02 Å². The molecule has 1 aromatic carbocycles. The molecule has 0 saturated heterocycles. The number of hydrogen-bond acceptors (Lipinski definition) is 3. The van der Waals surface area contributed by atoms with E-state index in [1.165, 1.54) is 0 Å². The van der Waals surface area contributed by atoms with Crippen molar-refractivity contribution in [3.63, 3.8) is 0 Å². The molecule has 90 valence electrons. The van der Waals surface area contributed by atoms with Crippen LogP contribution in [0.5, 0.6) is 0 Å². The molecule has 0 spiro atoms. The van der Waals surface area contributed by atoms with Gasteiger partial charge in [-0.15, -0.1) is 5.11 Å². The molecule has 0 aromatic heterocycles. The molecule has 0 bridgehead atoms. The molecule has 0 radical (unpaired) electrons. The van der Waals surface area contributed by atoms with Gasteiger partial charge in [-0.2, -0.15) is 5.11 Å². The van der Waals surface area contributed by atoms with Crippen molar-refractivity contribution in [3.8, 4) is 0 Å². The molecule has 1 unspecified atom stereocenters. The fraction of sp³-hybridized carbons (Fsp3) is 0.417. The van der Waals surface area contributed by atoms with Crippen molar-refractivity contribution in [2.75, 3.05) is 28.2 Å². The van der Waals surface area contributed by atoms with E-state index < -0.39 is 0 Å². The third kappa shape index (κ3) is 2.27. The van der Waals surface area contributed by atoms with Crippen LogP contribution in [0.2, 0.25) is 0 Å². The molecule has 1 aliphatic heterocycles. The molecular formula is C12H17N4O+. The lowest BCUT2D eigenvalue weighted by Crippen LogP contribution is -2.32. The predicted molar refractivity (Wildman–Crippen MR) is 65.6 cm³/mol. The topological polar surface area (TPSA) is 40.2 Å². The fourth-order valence-electron chi connectivity index (χ4n) is 1.76. The number of ether oxygens (including phenoxy) is 1. The third-order valence-electron chi connectivity index (χ3n) is 2.46. The summed E-state index contributed by atoms with van der Waals surface area (Å²) in [7, 11) is 7.75. The smallest absolute Gasteiger partial charge is 0.399 e. The predicted octanol–water partition coefficient (Wildman–Crippen LogP) is 1.99. The summed E-state index contributed by atoms with van der Waals surface area (Å²) in [6, 6.07) is 8.60. The highest BCUT2D eigenvalue weighted by Gasteiger charge is 2.26. The number of rotatable bonds is 1. The first-order valence-corrected chi connectivity index (χ1v) is 5.47. The molecule has 0 fully saturated rings. The van der Waals surface area contributed by atoms with Gasteiger partial charge in [0.1, 0.15) is 0 Å². The second-order valence-corrected chi connectivity index (χ2v) is 4.32. The minimum absolute atomic E-state index is 0.342. The van der Waals surface area contributed by atoms with E-state index in [0.717, 1.165) is 17.3 Å². The first-order chi connectivity index (χ1) is 8.09. The van der Waals surface area contributed by atoms with Gasteiger partial charge in [0.05, 0.1) is 33.9 Å². The Balaban J connectivity index is 2.23. The van der Waals surface area contributed by atoms with E-state index in [1.807, 2.05) is 61.9 Å². The lowest BCUT2D eigenvalue weighted by Gasteiger charge is -2.14. The molecule has 1 heterocycles. The van der Waals surface area contributed by atoms with Crippen molar-refractivity contribution >= 4 is 11.7 Å². The largest absolute Gasteiger partial charge is 0.447 e. The minimum atomic E-state index is -0.342. The SMILES string of the molecule is CN(C)C(OC1N=Nc2ccccc21)=[N+](C)C. The van der Waals surface area contributed by atoms with E-state index in [-0.39, 0.29) is 6.23 Å². The van der Waals surface area contributed by atoms with Crippen LogP contribution in [0.15, 0.2) is 34.5 Å². The maximum Gasteiger partial charge on any atom is 0.447 e. The first kappa shape index (κ1) is 11.6. The third-order valence-corrected chi connectivity index (χ3v) is 2.46. The fourth-order valence-corrected chi connectivity index (χ4v) is 1.76. The van der Waals surface area contributed by atoms with E-state index >= 15 is 0 Å². The maximum absolute atomic E-state index is 5.87. The molecular weight excluding hydrogens is 216 g/mol. The molecule has 0 N–H and O–H groups in total. The Hall–Kier alpha value is -1.91. The zero-order chi connectivity index (χ0) is 12.4.